The van der Waals surface area contributed by atoms with E-state index in [1.807, 2.05) is 19.1 Å². The molecule has 0 amide bonds. The highest BCUT2D eigenvalue weighted by Gasteiger charge is 2.42. The Morgan fingerprint density at radius 1 is 1.25 bits per heavy atom. The molecular formula is C19H20N2O3. The molecule has 2 heterocycles. The van der Waals surface area contributed by atoms with Crippen molar-refractivity contribution < 1.29 is 14.4 Å². The van der Waals surface area contributed by atoms with Crippen LogP contribution in [0, 0.1) is 12.3 Å². The number of benzene rings is 1. The second-order valence-electron chi connectivity index (χ2n) is 7.49. The number of hydrogen-bond donors (Lipinski definition) is 2. The van der Waals surface area contributed by atoms with Crippen molar-refractivity contribution in [3.05, 3.63) is 52.4 Å². The fourth-order valence-corrected chi connectivity index (χ4v) is 3.87. The third kappa shape index (κ3) is 2.23. The van der Waals surface area contributed by atoms with Gasteiger partial charge in [0.15, 0.2) is 5.78 Å². The van der Waals surface area contributed by atoms with Gasteiger partial charge >= 0.3 is 0 Å². The molecule has 0 saturated carbocycles. The molecule has 1 atom stereocenters. The summed E-state index contributed by atoms with van der Waals surface area (Å²) < 4.78 is 5.46. The number of nitrogens with one attached hydrogen (secondary N) is 1. The minimum atomic E-state index is -0.202. The summed E-state index contributed by atoms with van der Waals surface area (Å²) in [6.45, 7) is 6.10. The zero-order valence-electron chi connectivity index (χ0n) is 14.0. The molecule has 1 aromatic carbocycles. The Kier molecular flexibility index (Phi) is 3.10. The molecule has 4 rings (SSSR count). The number of phenols is 1. The van der Waals surface area contributed by atoms with Crippen LogP contribution in [0.15, 0.2) is 40.1 Å². The second-order valence-corrected chi connectivity index (χ2v) is 7.49. The molecule has 124 valence electrons. The van der Waals surface area contributed by atoms with Crippen molar-refractivity contribution in [3.63, 3.8) is 0 Å². The normalized spacial score (nSPS) is 22.0. The number of allylic oxidation sites excluding steroid dienone is 2. The molecule has 0 bridgehead atoms. The Labute approximate surface area is 140 Å². The molecule has 1 aliphatic heterocycles. The molecule has 5 heteroatoms. The highest BCUT2D eigenvalue weighted by Crippen LogP contribution is 2.49. The van der Waals surface area contributed by atoms with Crippen molar-refractivity contribution in [3.8, 4) is 5.75 Å². The zero-order valence-corrected chi connectivity index (χ0v) is 14.0. The van der Waals surface area contributed by atoms with Gasteiger partial charge in [-0.3, -0.25) is 4.79 Å². The number of aromatic nitrogens is 1. The van der Waals surface area contributed by atoms with Crippen LogP contribution in [0.25, 0.3) is 0 Å². The summed E-state index contributed by atoms with van der Waals surface area (Å²) in [5, 5.41) is 17.0. The fourth-order valence-electron chi connectivity index (χ4n) is 3.87. The van der Waals surface area contributed by atoms with Crippen molar-refractivity contribution in [2.24, 2.45) is 5.41 Å². The fraction of sp³-hybridized carbons (Fsp3) is 0.368. The molecule has 0 radical (unpaired) electrons. The Bertz CT molecular complexity index is 859. The maximum atomic E-state index is 12.9. The van der Waals surface area contributed by atoms with Crippen molar-refractivity contribution in [1.29, 1.82) is 0 Å². The van der Waals surface area contributed by atoms with Crippen LogP contribution in [0.1, 0.15) is 49.4 Å². The number of anilines is 1. The van der Waals surface area contributed by atoms with Gasteiger partial charge in [0.1, 0.15) is 5.75 Å². The van der Waals surface area contributed by atoms with E-state index in [4.69, 9.17) is 4.52 Å². The van der Waals surface area contributed by atoms with Gasteiger partial charge in [-0.25, -0.2) is 0 Å². The topological polar surface area (TPSA) is 75.4 Å². The van der Waals surface area contributed by atoms with Gasteiger partial charge in [-0.15, -0.1) is 0 Å². The van der Waals surface area contributed by atoms with E-state index in [9.17, 15) is 9.90 Å². The minimum Gasteiger partial charge on any atom is -0.508 e. The average molecular weight is 324 g/mol. The first-order valence-electron chi connectivity index (χ1n) is 8.14. The minimum absolute atomic E-state index is 0.0744. The number of nitrogens with zero attached hydrogens (tertiary/aromatic N) is 1. The van der Waals surface area contributed by atoms with E-state index in [0.717, 1.165) is 34.5 Å². The van der Waals surface area contributed by atoms with Crippen LogP contribution >= 0.6 is 0 Å². The van der Waals surface area contributed by atoms with Gasteiger partial charge in [0.05, 0.1) is 11.3 Å². The first-order valence-corrected chi connectivity index (χ1v) is 8.14. The predicted molar refractivity (Wildman–Crippen MR) is 89.9 cm³/mol. The Balaban J connectivity index is 1.93. The van der Waals surface area contributed by atoms with E-state index in [-0.39, 0.29) is 22.9 Å². The number of carbonyl (C=O) groups excluding carboxylic acids is 1. The maximum Gasteiger partial charge on any atom is 0.233 e. The van der Waals surface area contributed by atoms with Gasteiger partial charge in [0.2, 0.25) is 5.88 Å². The van der Waals surface area contributed by atoms with Gasteiger partial charge in [0, 0.05) is 23.6 Å². The lowest BCUT2D eigenvalue weighted by molar-refractivity contribution is -0.118. The number of Topliss-reactive ketones (excluding diaryl/α,β-unsaturated/α-hetero) is 1. The summed E-state index contributed by atoms with van der Waals surface area (Å²) in [4.78, 5) is 12.9. The summed E-state index contributed by atoms with van der Waals surface area (Å²) in [5.74, 6) is 0.792. The molecule has 0 unspecified atom stereocenters. The van der Waals surface area contributed by atoms with Crippen LogP contribution in [-0.4, -0.2) is 16.0 Å². The van der Waals surface area contributed by atoms with E-state index < -0.39 is 0 Å². The molecule has 2 aliphatic rings. The average Bonchev–Trinajstić information content (AvgIpc) is 2.86. The molecule has 5 nitrogen and oxygen atoms in total. The van der Waals surface area contributed by atoms with Crippen LogP contribution in [0.3, 0.4) is 0 Å². The van der Waals surface area contributed by atoms with E-state index >= 15 is 0 Å². The summed E-state index contributed by atoms with van der Waals surface area (Å²) in [6, 6.07) is 7.02. The van der Waals surface area contributed by atoms with Gasteiger partial charge < -0.3 is 14.9 Å². The highest BCUT2D eigenvalue weighted by atomic mass is 16.5. The van der Waals surface area contributed by atoms with Gasteiger partial charge in [0.25, 0.3) is 0 Å². The first-order chi connectivity index (χ1) is 11.4. The van der Waals surface area contributed by atoms with Crippen LogP contribution in [0.2, 0.25) is 0 Å². The van der Waals surface area contributed by atoms with Gasteiger partial charge in [-0.2, -0.15) is 0 Å². The van der Waals surface area contributed by atoms with Crippen molar-refractivity contribution in [2.45, 2.75) is 39.5 Å². The molecule has 2 N–H and O–H groups in total. The van der Waals surface area contributed by atoms with Crippen molar-refractivity contribution >= 4 is 11.7 Å². The lowest BCUT2D eigenvalue weighted by Crippen LogP contribution is -2.33. The summed E-state index contributed by atoms with van der Waals surface area (Å²) in [5.41, 5.74) is 4.31. The summed E-state index contributed by atoms with van der Waals surface area (Å²) in [6.07, 6.45) is 1.32. The number of phenolic OH excluding ortho intramolecular Hbond substituents is 1. The SMILES string of the molecule is Cc1noc2c1[C@@H](c1ccc(O)cc1)C1=C(CC(C)(C)CC1=O)N2. The van der Waals surface area contributed by atoms with Gasteiger partial charge in [-0.05, 0) is 36.5 Å². The number of hydrogen-bond acceptors (Lipinski definition) is 5. The number of aryl methyl sites for hydroxylation is 1. The number of aromatic hydroxyl groups is 1. The molecule has 0 spiro atoms. The molecule has 0 fully saturated rings. The lowest BCUT2D eigenvalue weighted by atomic mass is 9.69. The van der Waals surface area contributed by atoms with Crippen molar-refractivity contribution in [2.75, 3.05) is 5.32 Å². The second kappa shape index (κ2) is 4.97. The number of fused-ring (bicyclic) bond motifs is 1. The molecule has 0 saturated heterocycles. The van der Waals surface area contributed by atoms with Crippen molar-refractivity contribution in [1.82, 2.24) is 5.16 Å². The number of carbonyl (C=O) groups is 1. The van der Waals surface area contributed by atoms with E-state index in [1.165, 1.54) is 0 Å². The molecule has 2 aromatic rings. The monoisotopic (exact) mass is 324 g/mol. The van der Waals surface area contributed by atoms with E-state index in [0.29, 0.717) is 12.3 Å². The summed E-state index contributed by atoms with van der Waals surface area (Å²) in [7, 11) is 0. The van der Waals surface area contributed by atoms with Crippen LogP contribution in [0.5, 0.6) is 5.75 Å². The number of ketones is 1. The standard InChI is InChI=1S/C19H20N2O3/c1-10-15-16(11-4-6-12(22)7-5-11)17-13(20-18(15)24-21-10)8-19(2,3)9-14(17)23/h4-7,16,20,22H,8-9H2,1-3H3/t16-/m1/s1. The molecular weight excluding hydrogens is 304 g/mol. The third-order valence-electron chi connectivity index (χ3n) is 4.90. The van der Waals surface area contributed by atoms with E-state index in [1.54, 1.807) is 12.1 Å². The first kappa shape index (κ1) is 15.0. The third-order valence-corrected chi connectivity index (χ3v) is 4.90. The Hall–Kier alpha value is -2.56. The number of rotatable bonds is 1. The van der Waals surface area contributed by atoms with Crippen LogP contribution in [-0.2, 0) is 4.79 Å². The Morgan fingerprint density at radius 2 is 1.96 bits per heavy atom. The highest BCUT2D eigenvalue weighted by molar-refractivity contribution is 6.01. The van der Waals surface area contributed by atoms with E-state index in [2.05, 4.69) is 24.3 Å². The van der Waals surface area contributed by atoms with Crippen LogP contribution < -0.4 is 5.32 Å². The van der Waals surface area contributed by atoms with Gasteiger partial charge in [-0.1, -0.05) is 31.1 Å². The lowest BCUT2D eigenvalue weighted by Gasteiger charge is -2.37. The molecule has 1 aliphatic carbocycles. The predicted octanol–water partition coefficient (Wildman–Crippen LogP) is 3.89. The molecule has 24 heavy (non-hydrogen) atoms. The Morgan fingerprint density at radius 3 is 2.67 bits per heavy atom. The maximum absolute atomic E-state index is 12.9. The summed E-state index contributed by atoms with van der Waals surface area (Å²) >= 11 is 0. The zero-order chi connectivity index (χ0) is 17.1. The quantitative estimate of drug-likeness (QED) is 0.832. The smallest absolute Gasteiger partial charge is 0.233 e. The molecule has 1 aromatic heterocycles. The van der Waals surface area contributed by atoms with Crippen LogP contribution in [0.4, 0.5) is 5.88 Å². The largest absolute Gasteiger partial charge is 0.508 e.